The Bertz CT molecular complexity index is 502. The minimum Gasteiger partial charge on any atom is -0.375 e. The molecular weight excluding hydrogens is 333 g/mol. The summed E-state index contributed by atoms with van der Waals surface area (Å²) >= 11 is 3.23. The Morgan fingerprint density at radius 1 is 1.38 bits per heavy atom. The van der Waals surface area contributed by atoms with E-state index in [-0.39, 0.29) is 17.5 Å². The Morgan fingerprint density at radius 2 is 2.14 bits per heavy atom. The Morgan fingerprint density at radius 3 is 2.81 bits per heavy atom. The molecule has 21 heavy (non-hydrogen) atoms. The fourth-order valence-corrected chi connectivity index (χ4v) is 4.34. The number of hydrogen-bond donors (Lipinski definition) is 1. The molecule has 1 N–H and O–H groups in total. The van der Waals surface area contributed by atoms with E-state index in [4.69, 9.17) is 4.74 Å². The van der Waals surface area contributed by atoms with Crippen LogP contribution in [0.2, 0.25) is 0 Å². The molecule has 0 radical (unpaired) electrons. The lowest BCUT2D eigenvalue weighted by Gasteiger charge is -2.41. The lowest BCUT2D eigenvalue weighted by atomic mass is 9.78. The summed E-state index contributed by atoms with van der Waals surface area (Å²) in [5.74, 6) is 0.331. The van der Waals surface area contributed by atoms with Crippen LogP contribution in [0.5, 0.6) is 0 Å². The first kappa shape index (κ1) is 15.4. The first-order valence-corrected chi connectivity index (χ1v) is 8.69. The lowest BCUT2D eigenvalue weighted by molar-refractivity contribution is -0.0979. The number of rotatable bonds is 3. The number of halogens is 2. The SMILES string of the molecule is CNC(c1ccc(Br)c(F)c1)C1CCOC2(CCCC2)C1. The highest BCUT2D eigenvalue weighted by molar-refractivity contribution is 9.10. The van der Waals surface area contributed by atoms with Crippen molar-refractivity contribution in [1.82, 2.24) is 5.32 Å². The van der Waals surface area contributed by atoms with Crippen molar-refractivity contribution >= 4 is 15.9 Å². The highest BCUT2D eigenvalue weighted by atomic mass is 79.9. The smallest absolute Gasteiger partial charge is 0.137 e. The van der Waals surface area contributed by atoms with E-state index in [1.54, 1.807) is 12.1 Å². The molecule has 4 heteroatoms. The molecule has 1 aliphatic carbocycles. The lowest BCUT2D eigenvalue weighted by Crippen LogP contribution is -2.41. The van der Waals surface area contributed by atoms with Crippen molar-refractivity contribution in [3.05, 3.63) is 34.1 Å². The van der Waals surface area contributed by atoms with Gasteiger partial charge in [-0.2, -0.15) is 0 Å². The number of hydrogen-bond acceptors (Lipinski definition) is 2. The zero-order valence-corrected chi connectivity index (χ0v) is 14.1. The van der Waals surface area contributed by atoms with Crippen LogP contribution in [-0.2, 0) is 4.74 Å². The van der Waals surface area contributed by atoms with E-state index in [1.165, 1.54) is 25.7 Å². The Hall–Kier alpha value is -0.450. The van der Waals surface area contributed by atoms with Gasteiger partial charge in [-0.15, -0.1) is 0 Å². The summed E-state index contributed by atoms with van der Waals surface area (Å²) in [4.78, 5) is 0. The molecule has 1 saturated heterocycles. The molecule has 2 unspecified atom stereocenters. The molecule has 1 aromatic carbocycles. The minimum absolute atomic E-state index is 0.103. The molecule has 2 aliphatic rings. The van der Waals surface area contributed by atoms with Crippen LogP contribution in [0, 0.1) is 11.7 Å². The van der Waals surface area contributed by atoms with E-state index in [2.05, 4.69) is 21.2 Å². The maximum absolute atomic E-state index is 13.8. The van der Waals surface area contributed by atoms with Gasteiger partial charge >= 0.3 is 0 Å². The van der Waals surface area contributed by atoms with Crippen LogP contribution in [0.3, 0.4) is 0 Å². The molecule has 1 saturated carbocycles. The summed E-state index contributed by atoms with van der Waals surface area (Å²) in [7, 11) is 1.97. The molecule has 1 spiro atoms. The molecule has 0 aromatic heterocycles. The Balaban J connectivity index is 1.80. The summed E-state index contributed by atoms with van der Waals surface area (Å²) in [6, 6.07) is 5.68. The van der Waals surface area contributed by atoms with Gasteiger partial charge in [-0.3, -0.25) is 0 Å². The van der Waals surface area contributed by atoms with Gasteiger partial charge in [0.25, 0.3) is 0 Å². The highest BCUT2D eigenvalue weighted by Gasteiger charge is 2.42. The maximum Gasteiger partial charge on any atom is 0.137 e. The van der Waals surface area contributed by atoms with Gasteiger partial charge in [0.2, 0.25) is 0 Å². The molecule has 0 amide bonds. The first-order valence-electron chi connectivity index (χ1n) is 7.90. The van der Waals surface area contributed by atoms with Gasteiger partial charge in [-0.1, -0.05) is 18.9 Å². The topological polar surface area (TPSA) is 21.3 Å². The van der Waals surface area contributed by atoms with Crippen LogP contribution in [-0.4, -0.2) is 19.3 Å². The fraction of sp³-hybridized carbons (Fsp3) is 0.647. The Kier molecular flexibility index (Phi) is 4.67. The van der Waals surface area contributed by atoms with Crippen molar-refractivity contribution in [3.63, 3.8) is 0 Å². The second-order valence-electron chi connectivity index (χ2n) is 6.43. The summed E-state index contributed by atoms with van der Waals surface area (Å²) in [6.07, 6.45) is 7.08. The molecule has 1 aliphatic heterocycles. The van der Waals surface area contributed by atoms with Crippen LogP contribution >= 0.6 is 15.9 Å². The average molecular weight is 356 g/mol. The average Bonchev–Trinajstić information content (AvgIpc) is 2.91. The van der Waals surface area contributed by atoms with E-state index in [0.29, 0.717) is 10.4 Å². The van der Waals surface area contributed by atoms with E-state index in [9.17, 15) is 4.39 Å². The molecule has 116 valence electrons. The van der Waals surface area contributed by atoms with Crippen molar-refractivity contribution in [2.75, 3.05) is 13.7 Å². The standard InChI is InChI=1S/C17H23BrFNO/c1-20-16(12-4-5-14(18)15(19)10-12)13-6-9-21-17(11-13)7-2-3-8-17/h4-5,10,13,16,20H,2-3,6-9,11H2,1H3. The van der Waals surface area contributed by atoms with Gasteiger partial charge in [0.1, 0.15) is 5.82 Å². The van der Waals surface area contributed by atoms with Crippen molar-refractivity contribution < 1.29 is 9.13 Å². The maximum atomic E-state index is 13.8. The van der Waals surface area contributed by atoms with Crippen LogP contribution < -0.4 is 5.32 Å². The summed E-state index contributed by atoms with van der Waals surface area (Å²) in [5, 5.41) is 3.40. The molecule has 2 fully saturated rings. The zero-order chi connectivity index (χ0) is 14.9. The van der Waals surface area contributed by atoms with Gasteiger partial charge in [0.15, 0.2) is 0 Å². The summed E-state index contributed by atoms with van der Waals surface area (Å²) < 4.78 is 20.5. The number of nitrogens with one attached hydrogen (secondary N) is 1. The Labute approximate surface area is 134 Å². The predicted octanol–water partition coefficient (Wildman–Crippen LogP) is 4.59. The first-order chi connectivity index (χ1) is 10.1. The quantitative estimate of drug-likeness (QED) is 0.856. The van der Waals surface area contributed by atoms with Crippen molar-refractivity contribution in [3.8, 4) is 0 Å². The third kappa shape index (κ3) is 3.17. The van der Waals surface area contributed by atoms with E-state index in [1.807, 2.05) is 13.1 Å². The summed E-state index contributed by atoms with van der Waals surface area (Å²) in [5.41, 5.74) is 1.14. The molecular formula is C17H23BrFNO. The van der Waals surface area contributed by atoms with Crippen LogP contribution in [0.1, 0.15) is 50.1 Å². The number of benzene rings is 1. The second-order valence-corrected chi connectivity index (χ2v) is 7.29. The molecule has 1 aromatic rings. The van der Waals surface area contributed by atoms with E-state index < -0.39 is 0 Å². The van der Waals surface area contributed by atoms with Gasteiger partial charge in [0.05, 0.1) is 10.1 Å². The highest BCUT2D eigenvalue weighted by Crippen LogP contribution is 2.45. The largest absolute Gasteiger partial charge is 0.375 e. The van der Waals surface area contributed by atoms with Gasteiger partial charge < -0.3 is 10.1 Å². The molecule has 2 nitrogen and oxygen atoms in total. The molecule has 1 heterocycles. The zero-order valence-electron chi connectivity index (χ0n) is 12.5. The van der Waals surface area contributed by atoms with Crippen molar-refractivity contribution in [2.24, 2.45) is 5.92 Å². The fourth-order valence-electron chi connectivity index (χ4n) is 4.10. The predicted molar refractivity (Wildman–Crippen MR) is 85.8 cm³/mol. The van der Waals surface area contributed by atoms with Crippen LogP contribution in [0.15, 0.2) is 22.7 Å². The number of ether oxygens (including phenoxy) is 1. The van der Waals surface area contributed by atoms with E-state index >= 15 is 0 Å². The van der Waals surface area contributed by atoms with Crippen LogP contribution in [0.4, 0.5) is 4.39 Å². The monoisotopic (exact) mass is 355 g/mol. The summed E-state index contributed by atoms with van der Waals surface area (Å²) in [6.45, 7) is 0.835. The van der Waals surface area contributed by atoms with Crippen LogP contribution in [0.25, 0.3) is 0 Å². The molecule has 3 rings (SSSR count). The van der Waals surface area contributed by atoms with Crippen molar-refractivity contribution in [1.29, 1.82) is 0 Å². The second kappa shape index (κ2) is 6.35. The van der Waals surface area contributed by atoms with Crippen molar-refractivity contribution in [2.45, 2.75) is 50.2 Å². The minimum atomic E-state index is -0.185. The van der Waals surface area contributed by atoms with Gasteiger partial charge in [0, 0.05) is 12.6 Å². The van der Waals surface area contributed by atoms with Gasteiger partial charge in [-0.25, -0.2) is 4.39 Å². The van der Waals surface area contributed by atoms with Gasteiger partial charge in [-0.05, 0) is 72.3 Å². The third-order valence-electron chi connectivity index (χ3n) is 5.13. The molecule has 0 bridgehead atoms. The third-order valence-corrected chi connectivity index (χ3v) is 5.77. The normalized spacial score (nSPS) is 26.1. The van der Waals surface area contributed by atoms with E-state index in [0.717, 1.165) is 25.0 Å². The molecule has 2 atom stereocenters.